The first-order valence-corrected chi connectivity index (χ1v) is 14.6. The van der Waals surface area contributed by atoms with E-state index in [2.05, 4.69) is 69.4 Å². The zero-order valence-electron chi connectivity index (χ0n) is 23.2. The van der Waals surface area contributed by atoms with Crippen molar-refractivity contribution in [1.29, 1.82) is 5.26 Å². The highest BCUT2D eigenvalue weighted by atomic mass is 16.5. The van der Waals surface area contributed by atoms with Crippen LogP contribution in [0.2, 0.25) is 0 Å². The molecule has 3 atom stereocenters. The summed E-state index contributed by atoms with van der Waals surface area (Å²) in [7, 11) is 0. The maximum Gasteiger partial charge on any atom is 0.318 e. The monoisotopic (exact) mass is 539 g/mol. The second kappa shape index (κ2) is 10.8. The predicted octanol–water partition coefficient (Wildman–Crippen LogP) is 3.04. The van der Waals surface area contributed by atoms with Crippen LogP contribution in [0.5, 0.6) is 6.01 Å². The van der Waals surface area contributed by atoms with Gasteiger partial charge < -0.3 is 24.6 Å². The summed E-state index contributed by atoms with van der Waals surface area (Å²) < 4.78 is 11.7. The molecule has 4 aliphatic rings. The lowest BCUT2D eigenvalue weighted by Gasteiger charge is -2.55. The molecular weight excluding hydrogens is 502 g/mol. The van der Waals surface area contributed by atoms with E-state index in [1.807, 2.05) is 0 Å². The van der Waals surface area contributed by atoms with Gasteiger partial charge in [0.25, 0.3) is 0 Å². The Kier molecular flexibility index (Phi) is 6.92. The Balaban J connectivity index is 1.14. The van der Waals surface area contributed by atoms with Crippen molar-refractivity contribution >= 4 is 22.3 Å². The third-order valence-electron chi connectivity index (χ3n) is 8.96. The molecule has 0 radical (unpaired) electrons. The molecule has 0 saturated carbocycles. The molecule has 5 heterocycles. The summed E-state index contributed by atoms with van der Waals surface area (Å²) in [5.74, 6) is 0.982. The number of fused-ring (bicyclic) bond motifs is 3. The van der Waals surface area contributed by atoms with Gasteiger partial charge in [-0.3, -0.25) is 4.90 Å². The number of nitrogens with zero attached hydrogens (tertiary/aromatic N) is 6. The Morgan fingerprint density at radius 1 is 1.12 bits per heavy atom. The third kappa shape index (κ3) is 4.74. The lowest BCUT2D eigenvalue weighted by Crippen LogP contribution is -2.70. The van der Waals surface area contributed by atoms with Crippen LogP contribution in [0.15, 0.2) is 36.4 Å². The molecule has 0 aliphatic carbocycles. The van der Waals surface area contributed by atoms with Gasteiger partial charge >= 0.3 is 6.01 Å². The molecule has 0 spiro atoms. The van der Waals surface area contributed by atoms with Crippen LogP contribution in [-0.4, -0.2) is 85.5 Å². The number of nitriles is 1. The number of likely N-dealkylation sites (tertiary alicyclic amines) is 1. The van der Waals surface area contributed by atoms with Crippen molar-refractivity contribution in [3.05, 3.63) is 53.2 Å². The van der Waals surface area contributed by atoms with E-state index in [4.69, 9.17) is 19.4 Å². The molecule has 3 aromatic rings. The average molecular weight is 540 g/mol. The first kappa shape index (κ1) is 25.5. The highest BCUT2D eigenvalue weighted by Crippen LogP contribution is 2.35. The topological polar surface area (TPSA) is 89.8 Å². The summed E-state index contributed by atoms with van der Waals surface area (Å²) in [6, 6.07) is 16.6. The standard InChI is InChI=1S/C31H37N7O2/c1-21-5-2-6-22-7-3-8-26(29(21)22)37-14-10-24-25(18-37)34-31(39-16-4-13-36-19-28-27(36)20-40-28)35-30(24)38-15-12-33-23(17-38)9-11-32/h2-3,5-8,23,27-28,33H,4,9-10,12-20H2,1H3/t23-,27?,28+/m0/s1. The van der Waals surface area contributed by atoms with Crippen LogP contribution >= 0.6 is 0 Å². The Bertz CT molecular complexity index is 1430. The average Bonchev–Trinajstić information content (AvgIpc) is 2.97. The molecule has 1 aromatic heterocycles. The second-order valence-corrected chi connectivity index (χ2v) is 11.5. The quantitative estimate of drug-likeness (QED) is 0.434. The van der Waals surface area contributed by atoms with Gasteiger partial charge in [0.1, 0.15) is 5.82 Å². The Hall–Kier alpha value is -3.45. The normalized spacial score (nSPS) is 24.1. The van der Waals surface area contributed by atoms with Crippen LogP contribution in [0.3, 0.4) is 0 Å². The molecule has 0 bridgehead atoms. The lowest BCUT2D eigenvalue weighted by molar-refractivity contribution is -0.214. The van der Waals surface area contributed by atoms with Crippen LogP contribution < -0.4 is 19.9 Å². The number of rotatable bonds is 8. The number of nitrogens with one attached hydrogen (secondary N) is 1. The molecule has 4 aliphatic heterocycles. The number of benzene rings is 2. The first-order valence-electron chi connectivity index (χ1n) is 14.6. The van der Waals surface area contributed by atoms with Gasteiger partial charge in [0, 0.05) is 61.9 Å². The first-order chi connectivity index (χ1) is 19.7. The van der Waals surface area contributed by atoms with Crippen LogP contribution in [-0.2, 0) is 17.7 Å². The summed E-state index contributed by atoms with van der Waals surface area (Å²) in [4.78, 5) is 17.2. The summed E-state index contributed by atoms with van der Waals surface area (Å²) in [5.41, 5.74) is 4.81. The van der Waals surface area contributed by atoms with Gasteiger partial charge in [0.2, 0.25) is 0 Å². The minimum absolute atomic E-state index is 0.142. The number of ether oxygens (including phenoxy) is 2. The van der Waals surface area contributed by atoms with Crippen LogP contribution in [0.25, 0.3) is 10.8 Å². The molecule has 3 fully saturated rings. The second-order valence-electron chi connectivity index (χ2n) is 11.5. The van der Waals surface area contributed by atoms with Crippen LogP contribution in [0.4, 0.5) is 11.5 Å². The van der Waals surface area contributed by atoms with E-state index in [1.165, 1.54) is 27.6 Å². The fourth-order valence-electron chi connectivity index (χ4n) is 6.70. The summed E-state index contributed by atoms with van der Waals surface area (Å²) >= 11 is 0. The lowest BCUT2D eigenvalue weighted by atomic mass is 9.95. The fraction of sp³-hybridized carbons (Fsp3) is 0.516. The molecular formula is C31H37N7O2. The van der Waals surface area contributed by atoms with Crippen molar-refractivity contribution in [2.45, 2.75) is 50.9 Å². The largest absolute Gasteiger partial charge is 0.463 e. The van der Waals surface area contributed by atoms with Gasteiger partial charge in [-0.2, -0.15) is 15.2 Å². The van der Waals surface area contributed by atoms with E-state index in [0.29, 0.717) is 31.2 Å². The van der Waals surface area contributed by atoms with E-state index >= 15 is 0 Å². The number of hydrogen-bond acceptors (Lipinski definition) is 9. The van der Waals surface area contributed by atoms with Crippen LogP contribution in [0.1, 0.15) is 29.7 Å². The minimum atomic E-state index is 0.142. The van der Waals surface area contributed by atoms with E-state index in [1.54, 1.807) is 0 Å². The molecule has 1 N–H and O–H groups in total. The SMILES string of the molecule is Cc1cccc2cccc(N3CCc4c(nc(OCCCN5C[C@H]6OCC65)nc4N4CCN[C@@H](CC#N)C4)C3)c12. The molecule has 3 saturated heterocycles. The zero-order valence-corrected chi connectivity index (χ0v) is 23.2. The van der Waals surface area contributed by atoms with Gasteiger partial charge in [0.05, 0.1) is 50.1 Å². The van der Waals surface area contributed by atoms with E-state index in [9.17, 15) is 5.26 Å². The molecule has 9 nitrogen and oxygen atoms in total. The minimum Gasteiger partial charge on any atom is -0.463 e. The molecule has 1 unspecified atom stereocenters. The molecule has 7 rings (SSSR count). The maximum atomic E-state index is 9.29. The van der Waals surface area contributed by atoms with Crippen LogP contribution in [0, 0.1) is 18.3 Å². The summed E-state index contributed by atoms with van der Waals surface area (Å²) in [6.07, 6.45) is 2.77. The molecule has 2 aromatic carbocycles. The van der Waals surface area contributed by atoms with Gasteiger partial charge in [-0.25, -0.2) is 0 Å². The zero-order chi connectivity index (χ0) is 27.1. The Labute approximate surface area is 235 Å². The summed E-state index contributed by atoms with van der Waals surface area (Å²) in [6.45, 7) is 9.81. The fourth-order valence-corrected chi connectivity index (χ4v) is 6.70. The number of anilines is 2. The number of aromatic nitrogens is 2. The van der Waals surface area contributed by atoms with Gasteiger partial charge in [0.15, 0.2) is 0 Å². The van der Waals surface area contributed by atoms with Crippen molar-refractivity contribution in [2.75, 3.05) is 62.3 Å². The van der Waals surface area contributed by atoms with E-state index in [0.717, 1.165) is 76.8 Å². The van der Waals surface area contributed by atoms with E-state index in [-0.39, 0.29) is 6.04 Å². The number of piperazine rings is 1. The van der Waals surface area contributed by atoms with Crippen molar-refractivity contribution in [2.24, 2.45) is 0 Å². The van der Waals surface area contributed by atoms with E-state index < -0.39 is 0 Å². The summed E-state index contributed by atoms with van der Waals surface area (Å²) in [5, 5.41) is 15.3. The Morgan fingerprint density at radius 3 is 2.83 bits per heavy atom. The highest BCUT2D eigenvalue weighted by Gasteiger charge is 2.46. The molecule has 40 heavy (non-hydrogen) atoms. The predicted molar refractivity (Wildman–Crippen MR) is 155 cm³/mol. The maximum absolute atomic E-state index is 9.29. The van der Waals surface area contributed by atoms with Crippen molar-refractivity contribution < 1.29 is 9.47 Å². The van der Waals surface area contributed by atoms with Crippen molar-refractivity contribution in [3.63, 3.8) is 0 Å². The van der Waals surface area contributed by atoms with Crippen molar-refractivity contribution in [3.8, 4) is 12.1 Å². The van der Waals surface area contributed by atoms with Gasteiger partial charge in [-0.05, 0) is 36.8 Å². The molecule has 0 amide bonds. The smallest absolute Gasteiger partial charge is 0.318 e. The number of hydrogen-bond donors (Lipinski definition) is 1. The Morgan fingerprint density at radius 2 is 2.02 bits per heavy atom. The highest BCUT2D eigenvalue weighted by molar-refractivity contribution is 5.97. The number of aryl methyl sites for hydroxylation is 1. The van der Waals surface area contributed by atoms with Gasteiger partial charge in [-0.1, -0.05) is 30.3 Å². The molecule has 9 heteroatoms. The number of morpholine rings is 1. The molecule has 208 valence electrons. The van der Waals surface area contributed by atoms with Gasteiger partial charge in [-0.15, -0.1) is 0 Å². The van der Waals surface area contributed by atoms with Crippen molar-refractivity contribution in [1.82, 2.24) is 20.2 Å². The third-order valence-corrected chi connectivity index (χ3v) is 8.96.